The van der Waals surface area contributed by atoms with E-state index < -0.39 is 0 Å². The van der Waals surface area contributed by atoms with Crippen molar-refractivity contribution in [2.75, 3.05) is 31.1 Å². The Morgan fingerprint density at radius 2 is 1.78 bits per heavy atom. The van der Waals surface area contributed by atoms with Crippen molar-refractivity contribution in [3.05, 3.63) is 52.3 Å². The van der Waals surface area contributed by atoms with E-state index in [2.05, 4.69) is 28.9 Å². The van der Waals surface area contributed by atoms with Crippen LogP contribution in [0, 0.1) is 13.8 Å². The normalized spacial score (nSPS) is 19.8. The van der Waals surface area contributed by atoms with E-state index in [1.54, 1.807) is 4.90 Å². The van der Waals surface area contributed by atoms with E-state index >= 15 is 0 Å². The lowest BCUT2D eigenvalue weighted by molar-refractivity contribution is -0.118. The molecule has 27 heavy (non-hydrogen) atoms. The summed E-state index contributed by atoms with van der Waals surface area (Å²) in [6, 6.07) is 8.27. The molecule has 6 nitrogen and oxygen atoms in total. The third kappa shape index (κ3) is 3.31. The maximum absolute atomic E-state index is 12.8. The van der Waals surface area contributed by atoms with Crippen LogP contribution >= 0.6 is 0 Å². The molecule has 1 fully saturated rings. The van der Waals surface area contributed by atoms with Gasteiger partial charge in [-0.2, -0.15) is 0 Å². The van der Waals surface area contributed by atoms with E-state index in [1.165, 1.54) is 11.1 Å². The third-order valence-corrected chi connectivity index (χ3v) is 5.68. The van der Waals surface area contributed by atoms with Crippen LogP contribution in [-0.2, 0) is 11.2 Å². The van der Waals surface area contributed by atoms with Crippen LogP contribution in [0.3, 0.4) is 0 Å². The number of Topliss-reactive ketones (excluding diaryl/α,β-unsaturated/α-hetero) is 1. The molecule has 0 N–H and O–H groups in total. The number of carbonyl (C=O) groups is 2. The van der Waals surface area contributed by atoms with Gasteiger partial charge in [0.15, 0.2) is 5.78 Å². The Balaban J connectivity index is 1.65. The Hall–Kier alpha value is -2.76. The van der Waals surface area contributed by atoms with Crippen LogP contribution in [0.25, 0.3) is 0 Å². The van der Waals surface area contributed by atoms with Gasteiger partial charge in [-0.3, -0.25) is 9.59 Å². The van der Waals surface area contributed by atoms with Crippen molar-refractivity contribution in [1.82, 2.24) is 14.9 Å². The molecule has 1 saturated heterocycles. The molecule has 140 valence electrons. The maximum atomic E-state index is 12.8. The molecule has 1 aromatic carbocycles. The van der Waals surface area contributed by atoms with Gasteiger partial charge >= 0.3 is 0 Å². The van der Waals surface area contributed by atoms with Gasteiger partial charge in [-0.25, -0.2) is 9.97 Å². The second kappa shape index (κ2) is 7.10. The minimum atomic E-state index is 0.138. The molecule has 0 saturated carbocycles. The molecule has 0 bridgehead atoms. The van der Waals surface area contributed by atoms with E-state index in [0.29, 0.717) is 44.1 Å². The predicted molar refractivity (Wildman–Crippen MR) is 103 cm³/mol. The van der Waals surface area contributed by atoms with Crippen molar-refractivity contribution in [2.45, 2.75) is 32.6 Å². The van der Waals surface area contributed by atoms with Crippen molar-refractivity contribution in [2.24, 2.45) is 0 Å². The number of carbonyl (C=O) groups excluding carboxylic acids is 2. The Morgan fingerprint density at radius 3 is 2.48 bits per heavy atom. The van der Waals surface area contributed by atoms with E-state index in [1.807, 2.05) is 19.1 Å². The molecule has 1 aliphatic carbocycles. The lowest BCUT2D eigenvalue weighted by atomic mass is 9.80. The molecule has 0 spiro atoms. The van der Waals surface area contributed by atoms with Gasteiger partial charge in [0.2, 0.25) is 12.4 Å². The zero-order valence-corrected chi connectivity index (χ0v) is 15.8. The summed E-state index contributed by atoms with van der Waals surface area (Å²) in [7, 11) is 0. The van der Waals surface area contributed by atoms with Gasteiger partial charge < -0.3 is 9.80 Å². The summed E-state index contributed by atoms with van der Waals surface area (Å²) < 4.78 is 0. The number of piperazine rings is 1. The first-order chi connectivity index (χ1) is 13.1. The van der Waals surface area contributed by atoms with Gasteiger partial charge in [-0.15, -0.1) is 0 Å². The van der Waals surface area contributed by atoms with E-state index in [9.17, 15) is 9.59 Å². The quantitative estimate of drug-likeness (QED) is 0.782. The van der Waals surface area contributed by atoms with Crippen molar-refractivity contribution in [3.63, 3.8) is 0 Å². The summed E-state index contributed by atoms with van der Waals surface area (Å²) in [6.07, 6.45) is 2.16. The van der Waals surface area contributed by atoms with Crippen LogP contribution in [-0.4, -0.2) is 53.2 Å². The average molecular weight is 364 g/mol. The molecule has 1 aromatic heterocycles. The number of hydrogen-bond donors (Lipinski definition) is 0. The topological polar surface area (TPSA) is 66.4 Å². The van der Waals surface area contributed by atoms with Crippen molar-refractivity contribution in [3.8, 4) is 0 Å². The van der Waals surface area contributed by atoms with E-state index in [0.717, 1.165) is 24.2 Å². The molecule has 6 heteroatoms. The Bertz CT molecular complexity index is 888. The highest BCUT2D eigenvalue weighted by molar-refractivity contribution is 5.99. The lowest BCUT2D eigenvalue weighted by Gasteiger charge is -2.33. The largest absolute Gasteiger partial charge is 0.342 e. The standard InChI is InChI=1S/C21H24N4O2/c1-14-5-3-4-6-17(14)16-11-18-20(19(27)12-16)15(2)22-21(23-18)25-9-7-24(13-26)8-10-25/h3-6,13,16H,7-12H2,1-2H3/t16-/m1/s1. The molecule has 2 aromatic rings. The molecule has 2 aliphatic rings. The fourth-order valence-corrected chi connectivity index (χ4v) is 4.19. The highest BCUT2D eigenvalue weighted by Crippen LogP contribution is 2.35. The number of benzene rings is 1. The SMILES string of the molecule is Cc1ccccc1[C@H]1CC(=O)c2c(C)nc(N3CCN(C=O)CC3)nc2C1. The average Bonchev–Trinajstić information content (AvgIpc) is 2.67. The third-order valence-electron chi connectivity index (χ3n) is 5.68. The first kappa shape index (κ1) is 17.6. The summed E-state index contributed by atoms with van der Waals surface area (Å²) in [5.74, 6) is 0.981. The van der Waals surface area contributed by atoms with Gasteiger partial charge in [0.05, 0.1) is 17.0 Å². The predicted octanol–water partition coefficient (Wildman–Crippen LogP) is 2.28. The number of aryl methyl sites for hydroxylation is 2. The minimum absolute atomic E-state index is 0.138. The van der Waals surface area contributed by atoms with Crippen LogP contribution in [0.15, 0.2) is 24.3 Å². The zero-order chi connectivity index (χ0) is 19.0. The monoisotopic (exact) mass is 364 g/mol. The number of ketones is 1. The first-order valence-electron chi connectivity index (χ1n) is 9.47. The number of rotatable bonds is 3. The minimum Gasteiger partial charge on any atom is -0.342 e. The summed E-state index contributed by atoms with van der Waals surface area (Å²) in [4.78, 5) is 37.0. The van der Waals surface area contributed by atoms with Gasteiger partial charge in [0, 0.05) is 32.6 Å². The number of anilines is 1. The summed E-state index contributed by atoms with van der Waals surface area (Å²) in [5, 5.41) is 0. The van der Waals surface area contributed by atoms with Gasteiger partial charge in [0.25, 0.3) is 0 Å². The summed E-state index contributed by atoms with van der Waals surface area (Å²) >= 11 is 0. The molecule has 0 radical (unpaired) electrons. The molecule has 0 unspecified atom stereocenters. The molecule has 1 aliphatic heterocycles. The Kier molecular flexibility index (Phi) is 4.64. The second-order valence-electron chi connectivity index (χ2n) is 7.44. The Morgan fingerprint density at radius 1 is 1.04 bits per heavy atom. The van der Waals surface area contributed by atoms with E-state index in [4.69, 9.17) is 4.98 Å². The van der Waals surface area contributed by atoms with Crippen LogP contribution in [0.4, 0.5) is 5.95 Å². The number of hydrogen-bond acceptors (Lipinski definition) is 5. The maximum Gasteiger partial charge on any atom is 0.225 e. The number of amides is 1. The number of fused-ring (bicyclic) bond motifs is 1. The fourth-order valence-electron chi connectivity index (χ4n) is 4.19. The van der Waals surface area contributed by atoms with Crippen LogP contribution in [0.2, 0.25) is 0 Å². The Labute approximate surface area is 159 Å². The molecule has 1 amide bonds. The van der Waals surface area contributed by atoms with Gasteiger partial charge in [-0.1, -0.05) is 24.3 Å². The van der Waals surface area contributed by atoms with Crippen molar-refractivity contribution >= 4 is 18.1 Å². The molecule has 2 heterocycles. The number of nitrogens with zero attached hydrogens (tertiary/aromatic N) is 4. The first-order valence-corrected chi connectivity index (χ1v) is 9.47. The molecular formula is C21H24N4O2. The summed E-state index contributed by atoms with van der Waals surface area (Å²) in [6.45, 7) is 6.77. The van der Waals surface area contributed by atoms with Crippen LogP contribution < -0.4 is 4.90 Å². The van der Waals surface area contributed by atoms with Gasteiger partial charge in [0.1, 0.15) is 0 Å². The smallest absolute Gasteiger partial charge is 0.225 e. The number of aromatic nitrogens is 2. The molecular weight excluding hydrogens is 340 g/mol. The zero-order valence-electron chi connectivity index (χ0n) is 15.8. The second-order valence-corrected chi connectivity index (χ2v) is 7.44. The summed E-state index contributed by atoms with van der Waals surface area (Å²) in [5.41, 5.74) is 4.78. The lowest BCUT2D eigenvalue weighted by Crippen LogP contribution is -2.46. The highest BCUT2D eigenvalue weighted by atomic mass is 16.1. The van der Waals surface area contributed by atoms with Crippen LogP contribution in [0.5, 0.6) is 0 Å². The van der Waals surface area contributed by atoms with E-state index in [-0.39, 0.29) is 11.7 Å². The van der Waals surface area contributed by atoms with Crippen molar-refractivity contribution in [1.29, 1.82) is 0 Å². The fraction of sp³-hybridized carbons (Fsp3) is 0.429. The van der Waals surface area contributed by atoms with Crippen molar-refractivity contribution < 1.29 is 9.59 Å². The highest BCUT2D eigenvalue weighted by Gasteiger charge is 2.31. The van der Waals surface area contributed by atoms with Gasteiger partial charge in [-0.05, 0) is 37.3 Å². The van der Waals surface area contributed by atoms with Crippen LogP contribution in [0.1, 0.15) is 45.2 Å². The molecule has 4 rings (SSSR count). The molecule has 1 atom stereocenters.